The number of nitrogens with one attached hydrogen (secondary N) is 1. The number of amides is 1. The topological polar surface area (TPSA) is 99.1 Å². The maximum atomic E-state index is 12.4. The number of oxime groups is 1. The minimum atomic E-state index is -1.23. The summed E-state index contributed by atoms with van der Waals surface area (Å²) in [6, 6.07) is 14.4. The molecule has 0 aliphatic carbocycles. The number of carbonyl (C=O) groups excluding carboxylic acids is 2. The number of hydrogen-bond donors (Lipinski definition) is 1. The smallest absolute Gasteiger partial charge is 0.353 e. The fourth-order valence-corrected chi connectivity index (χ4v) is 2.96. The van der Waals surface area contributed by atoms with Crippen molar-refractivity contribution in [3.63, 3.8) is 0 Å². The molecule has 0 spiro atoms. The minimum Gasteiger partial charge on any atom is -0.481 e. The largest absolute Gasteiger partial charge is 0.481 e. The van der Waals surface area contributed by atoms with Gasteiger partial charge in [-0.3, -0.25) is 4.79 Å². The predicted octanol–water partition coefficient (Wildman–Crippen LogP) is 1.75. The van der Waals surface area contributed by atoms with Crippen LogP contribution in [0.25, 0.3) is 0 Å². The van der Waals surface area contributed by atoms with Crippen LogP contribution in [0.15, 0.2) is 53.7 Å². The van der Waals surface area contributed by atoms with E-state index in [0.29, 0.717) is 18.0 Å². The molecule has 0 fully saturated rings. The van der Waals surface area contributed by atoms with Crippen molar-refractivity contribution in [2.45, 2.75) is 18.4 Å². The molecule has 0 saturated carbocycles. The van der Waals surface area contributed by atoms with Gasteiger partial charge in [-0.15, -0.1) is 0 Å². The Kier molecular flexibility index (Phi) is 5.88. The summed E-state index contributed by atoms with van der Waals surface area (Å²) in [6.07, 6.45) is 0.541. The zero-order valence-corrected chi connectivity index (χ0v) is 15.7. The number of carbonyl (C=O) groups is 2. The molecule has 1 aromatic heterocycles. The molecule has 28 heavy (non-hydrogen) atoms. The summed E-state index contributed by atoms with van der Waals surface area (Å²) in [5.74, 6) is -0.530. The minimum absolute atomic E-state index is 0.130. The van der Waals surface area contributed by atoms with Crippen LogP contribution in [0.2, 0.25) is 0 Å². The first-order chi connectivity index (χ1) is 13.6. The zero-order chi connectivity index (χ0) is 20.0. The lowest BCUT2D eigenvalue weighted by atomic mass is 9.89. The molecule has 0 bridgehead atoms. The molecule has 0 radical (unpaired) electrons. The van der Waals surface area contributed by atoms with Crippen molar-refractivity contribution in [3.05, 3.63) is 59.8 Å². The summed E-state index contributed by atoms with van der Waals surface area (Å²) < 4.78 is 9.95. The van der Waals surface area contributed by atoms with E-state index >= 15 is 0 Å². The van der Waals surface area contributed by atoms with E-state index in [-0.39, 0.29) is 24.6 Å². The molecule has 1 amide bonds. The summed E-state index contributed by atoms with van der Waals surface area (Å²) >= 11 is 0. The predicted molar refractivity (Wildman–Crippen MR) is 101 cm³/mol. The second-order valence-electron chi connectivity index (χ2n) is 6.32. The highest BCUT2D eigenvalue weighted by molar-refractivity contribution is 5.99. The van der Waals surface area contributed by atoms with E-state index in [1.165, 1.54) is 14.2 Å². The third-order valence-electron chi connectivity index (χ3n) is 4.35. The quantitative estimate of drug-likeness (QED) is 0.732. The molecule has 146 valence electrons. The Hall–Kier alpha value is -3.42. The molecular weight excluding hydrogens is 362 g/mol. The molecule has 0 saturated heterocycles. The third kappa shape index (κ3) is 4.28. The van der Waals surface area contributed by atoms with Gasteiger partial charge in [0.15, 0.2) is 0 Å². The van der Waals surface area contributed by atoms with Gasteiger partial charge in [0.1, 0.15) is 5.69 Å². The summed E-state index contributed by atoms with van der Waals surface area (Å²) in [4.78, 5) is 34.3. The van der Waals surface area contributed by atoms with E-state index in [0.717, 1.165) is 5.56 Å². The van der Waals surface area contributed by atoms with E-state index in [1.54, 1.807) is 18.2 Å². The van der Waals surface area contributed by atoms with Gasteiger partial charge in [0.25, 0.3) is 5.91 Å². The van der Waals surface area contributed by atoms with Gasteiger partial charge in [-0.2, -0.15) is 0 Å². The van der Waals surface area contributed by atoms with Crippen LogP contribution in [0, 0.1) is 0 Å². The highest BCUT2D eigenvalue weighted by Crippen LogP contribution is 2.29. The first-order valence-corrected chi connectivity index (χ1v) is 8.72. The molecule has 1 N–H and O–H groups in total. The van der Waals surface area contributed by atoms with Gasteiger partial charge in [-0.05, 0) is 11.6 Å². The van der Waals surface area contributed by atoms with Crippen molar-refractivity contribution in [1.82, 2.24) is 10.3 Å². The number of esters is 1. The van der Waals surface area contributed by atoms with Crippen LogP contribution in [0.3, 0.4) is 0 Å². The van der Waals surface area contributed by atoms with Crippen LogP contribution in [0.4, 0.5) is 0 Å². The van der Waals surface area contributed by atoms with Crippen LogP contribution in [-0.2, 0) is 20.8 Å². The van der Waals surface area contributed by atoms with E-state index in [9.17, 15) is 9.59 Å². The van der Waals surface area contributed by atoms with E-state index in [4.69, 9.17) is 14.3 Å². The molecule has 1 unspecified atom stereocenters. The number of pyridine rings is 1. The van der Waals surface area contributed by atoms with E-state index in [1.807, 2.05) is 30.3 Å². The number of methoxy groups -OCH3 is 2. The highest BCUT2D eigenvalue weighted by Gasteiger charge is 2.47. The molecule has 1 atom stereocenters. The molecule has 2 aromatic rings. The monoisotopic (exact) mass is 383 g/mol. The molecular formula is C20H21N3O5. The van der Waals surface area contributed by atoms with E-state index < -0.39 is 11.6 Å². The fourth-order valence-electron chi connectivity index (χ4n) is 2.96. The first-order valence-electron chi connectivity index (χ1n) is 8.72. The van der Waals surface area contributed by atoms with Crippen LogP contribution in [-0.4, -0.2) is 48.9 Å². The Morgan fingerprint density at radius 1 is 1.14 bits per heavy atom. The molecule has 1 aliphatic heterocycles. The zero-order valence-electron chi connectivity index (χ0n) is 15.7. The lowest BCUT2D eigenvalue weighted by molar-refractivity contribution is -0.166. The molecule has 1 aliphatic rings. The van der Waals surface area contributed by atoms with Crippen molar-refractivity contribution in [2.75, 3.05) is 20.8 Å². The van der Waals surface area contributed by atoms with Crippen molar-refractivity contribution in [1.29, 1.82) is 0 Å². The summed E-state index contributed by atoms with van der Waals surface area (Å²) in [6.45, 7) is 0.130. The number of hydrogen-bond acceptors (Lipinski definition) is 7. The Bertz CT molecular complexity index is 884. The maximum Gasteiger partial charge on any atom is 0.353 e. The fraction of sp³-hybridized carbons (Fsp3) is 0.300. The van der Waals surface area contributed by atoms with Crippen LogP contribution in [0.5, 0.6) is 5.88 Å². The number of aromatic nitrogens is 1. The summed E-state index contributed by atoms with van der Waals surface area (Å²) in [7, 11) is 2.79. The van der Waals surface area contributed by atoms with Crippen LogP contribution < -0.4 is 10.1 Å². The Morgan fingerprint density at radius 3 is 2.64 bits per heavy atom. The lowest BCUT2D eigenvalue weighted by Gasteiger charge is -2.23. The van der Waals surface area contributed by atoms with Crippen molar-refractivity contribution in [3.8, 4) is 5.88 Å². The molecule has 8 heteroatoms. The Morgan fingerprint density at radius 2 is 1.93 bits per heavy atom. The van der Waals surface area contributed by atoms with E-state index in [2.05, 4.69) is 15.5 Å². The second-order valence-corrected chi connectivity index (χ2v) is 6.32. The number of ether oxygens (including phenoxy) is 2. The average molecular weight is 383 g/mol. The van der Waals surface area contributed by atoms with Gasteiger partial charge in [-0.25, -0.2) is 9.78 Å². The summed E-state index contributed by atoms with van der Waals surface area (Å²) in [5, 5.41) is 6.74. The maximum absolute atomic E-state index is 12.4. The van der Waals surface area contributed by atoms with Crippen molar-refractivity contribution in [2.24, 2.45) is 5.16 Å². The van der Waals surface area contributed by atoms with Gasteiger partial charge >= 0.3 is 5.97 Å². The van der Waals surface area contributed by atoms with Crippen LogP contribution >= 0.6 is 0 Å². The SMILES string of the molecule is COC(=O)C1(Cc2ccccc2)CC(CNC(=O)c2cccc(OC)n2)=NO1. The van der Waals surface area contributed by atoms with Gasteiger partial charge in [-0.1, -0.05) is 41.6 Å². The molecule has 3 rings (SSSR count). The molecule has 1 aromatic carbocycles. The van der Waals surface area contributed by atoms with Crippen LogP contribution in [0.1, 0.15) is 22.5 Å². The average Bonchev–Trinajstić information content (AvgIpc) is 3.16. The van der Waals surface area contributed by atoms with Crippen molar-refractivity contribution < 1.29 is 23.9 Å². The Balaban J connectivity index is 1.64. The number of rotatable bonds is 7. The highest BCUT2D eigenvalue weighted by atomic mass is 16.7. The molecule has 8 nitrogen and oxygen atoms in total. The van der Waals surface area contributed by atoms with Gasteiger partial charge < -0.3 is 19.6 Å². The second kappa shape index (κ2) is 8.51. The Labute approximate surface area is 162 Å². The third-order valence-corrected chi connectivity index (χ3v) is 4.35. The summed E-state index contributed by atoms with van der Waals surface area (Å²) in [5.41, 5.74) is 0.457. The standard InChI is InChI=1S/C20H21N3O5/c1-26-17-10-6-9-16(22-17)18(24)21-13-15-12-20(28-23-15,19(25)27-2)11-14-7-4-3-5-8-14/h3-10H,11-13H2,1-2H3,(H,21,24). The molecule has 2 heterocycles. The normalized spacial score (nSPS) is 18.0. The first kappa shape index (κ1) is 19.3. The van der Waals surface area contributed by atoms with Gasteiger partial charge in [0.05, 0.1) is 26.5 Å². The lowest BCUT2D eigenvalue weighted by Crippen LogP contribution is -2.43. The number of benzene rings is 1. The van der Waals surface area contributed by atoms with Crippen molar-refractivity contribution >= 4 is 17.6 Å². The van der Waals surface area contributed by atoms with Gasteiger partial charge in [0, 0.05) is 18.9 Å². The number of nitrogens with zero attached hydrogens (tertiary/aromatic N) is 2. The van der Waals surface area contributed by atoms with Gasteiger partial charge in [0.2, 0.25) is 11.5 Å².